The van der Waals surface area contributed by atoms with Gasteiger partial charge in [-0.15, -0.1) is 0 Å². The van der Waals surface area contributed by atoms with Gasteiger partial charge in [-0.1, -0.05) is 54.1 Å². The van der Waals surface area contributed by atoms with Gasteiger partial charge in [-0.2, -0.15) is 8.42 Å². The number of rotatable bonds is 7. The lowest BCUT2D eigenvalue weighted by atomic mass is 10.0. The predicted octanol–water partition coefficient (Wildman–Crippen LogP) is 4.71. The number of nitrogens with zero attached hydrogens (tertiary/aromatic N) is 2. The molecule has 3 aromatic carbocycles. The highest BCUT2D eigenvalue weighted by molar-refractivity contribution is 7.85. The van der Waals surface area contributed by atoms with Gasteiger partial charge in [0.05, 0.1) is 24.6 Å². The van der Waals surface area contributed by atoms with E-state index in [1.54, 1.807) is 19.2 Å². The molecule has 3 N–H and O–H groups in total. The van der Waals surface area contributed by atoms with Crippen molar-refractivity contribution < 1.29 is 22.5 Å². The van der Waals surface area contributed by atoms with Crippen LogP contribution in [0.15, 0.2) is 77.7 Å². The number of benzene rings is 3. The topological polar surface area (TPSA) is 113 Å². The Labute approximate surface area is 218 Å². The fourth-order valence-electron chi connectivity index (χ4n) is 4.36. The van der Waals surface area contributed by atoms with E-state index in [9.17, 15) is 13.2 Å². The summed E-state index contributed by atoms with van der Waals surface area (Å²) in [4.78, 5) is 14.3. The number of urea groups is 1. The van der Waals surface area contributed by atoms with Crippen molar-refractivity contribution in [3.8, 4) is 5.75 Å². The molecule has 1 aliphatic carbocycles. The summed E-state index contributed by atoms with van der Waals surface area (Å²) in [6.07, 6.45) is 3.39. The summed E-state index contributed by atoms with van der Waals surface area (Å²) in [7, 11) is -2.36. The van der Waals surface area contributed by atoms with E-state index in [1.807, 2.05) is 36.1 Å². The van der Waals surface area contributed by atoms with Crippen LogP contribution in [0.1, 0.15) is 47.1 Å². The van der Waals surface area contributed by atoms with Crippen LogP contribution in [0.4, 0.5) is 4.79 Å². The Morgan fingerprint density at radius 3 is 2.08 bits per heavy atom. The fourth-order valence-corrected chi connectivity index (χ4v) is 4.84. The Hall–Kier alpha value is -3.40. The van der Waals surface area contributed by atoms with Gasteiger partial charge in [0.25, 0.3) is 10.1 Å². The van der Waals surface area contributed by atoms with Crippen LogP contribution in [-0.4, -0.2) is 49.1 Å². The lowest BCUT2D eigenvalue weighted by Crippen LogP contribution is -2.37. The van der Waals surface area contributed by atoms with Gasteiger partial charge < -0.3 is 9.64 Å². The lowest BCUT2D eigenvalue weighted by Gasteiger charge is -2.23. The van der Waals surface area contributed by atoms with Crippen LogP contribution >= 0.6 is 0 Å². The molecule has 1 heterocycles. The molecule has 1 aliphatic heterocycles. The highest BCUT2D eigenvalue weighted by Crippen LogP contribution is 2.40. The number of hydrogen-bond acceptors (Lipinski definition) is 5. The second-order valence-electron chi connectivity index (χ2n) is 9.47. The van der Waals surface area contributed by atoms with E-state index in [0.29, 0.717) is 13.1 Å². The van der Waals surface area contributed by atoms with Gasteiger partial charge in [0.1, 0.15) is 5.75 Å². The molecule has 1 unspecified atom stereocenters. The van der Waals surface area contributed by atoms with Crippen molar-refractivity contribution in [2.24, 2.45) is 5.84 Å². The van der Waals surface area contributed by atoms with Crippen molar-refractivity contribution >= 4 is 16.1 Å². The van der Waals surface area contributed by atoms with E-state index in [2.05, 4.69) is 24.3 Å². The Morgan fingerprint density at radius 1 is 0.946 bits per heavy atom. The van der Waals surface area contributed by atoms with Crippen molar-refractivity contribution in [1.82, 2.24) is 9.91 Å². The number of nitrogens with two attached hydrogens (primary N) is 1. The summed E-state index contributed by atoms with van der Waals surface area (Å²) in [6.45, 7) is 3.02. The zero-order chi connectivity index (χ0) is 26.6. The van der Waals surface area contributed by atoms with E-state index in [-0.39, 0.29) is 17.0 Å². The standard InChI is InChI=1S/C21H25N3O2.C7H8O3S/c1-26-19-10-2-15(3-11-19)12-13-23-20(14-24(22)21(23)25)18-8-6-17(7-9-18)16-4-5-16;1-6-2-4-7(5-3-6)11(8,9)10/h2-3,6-11,16,20H,4-5,12-14,22H2,1H3;2-5H,1H3,(H,8,9,10). The number of ether oxygens (including phenoxy) is 1. The van der Waals surface area contributed by atoms with Crippen LogP contribution in [-0.2, 0) is 16.5 Å². The molecule has 0 bridgehead atoms. The maximum absolute atomic E-state index is 12.5. The second-order valence-corrected chi connectivity index (χ2v) is 10.9. The third-order valence-electron chi connectivity index (χ3n) is 6.73. The minimum atomic E-state index is -4.02. The monoisotopic (exact) mass is 523 g/mol. The zero-order valence-corrected chi connectivity index (χ0v) is 21.9. The number of hydrogen-bond donors (Lipinski definition) is 2. The Balaban J connectivity index is 0.000000245. The molecule has 3 aromatic rings. The van der Waals surface area contributed by atoms with E-state index >= 15 is 0 Å². The maximum atomic E-state index is 12.5. The van der Waals surface area contributed by atoms with Crippen LogP contribution < -0.4 is 10.6 Å². The van der Waals surface area contributed by atoms with Crippen molar-refractivity contribution in [3.05, 3.63) is 95.1 Å². The minimum absolute atomic E-state index is 0.0130. The average molecular weight is 524 g/mol. The molecule has 1 atom stereocenters. The Bertz CT molecular complexity index is 1310. The molecule has 0 spiro atoms. The van der Waals surface area contributed by atoms with Crippen LogP contribution in [0.5, 0.6) is 5.75 Å². The molecule has 8 nitrogen and oxygen atoms in total. The fraction of sp³-hybridized carbons (Fsp3) is 0.321. The number of methoxy groups -OCH3 is 1. The van der Waals surface area contributed by atoms with Gasteiger partial charge in [0.2, 0.25) is 0 Å². The van der Waals surface area contributed by atoms with Gasteiger partial charge in [-0.3, -0.25) is 9.56 Å². The van der Waals surface area contributed by atoms with Crippen LogP contribution in [0.3, 0.4) is 0 Å². The summed E-state index contributed by atoms with van der Waals surface area (Å²) >= 11 is 0. The molecule has 2 aliphatic rings. The van der Waals surface area contributed by atoms with Gasteiger partial charge in [-0.25, -0.2) is 10.6 Å². The van der Waals surface area contributed by atoms with Crippen LogP contribution in [0.25, 0.3) is 0 Å². The summed E-state index contributed by atoms with van der Waals surface area (Å²) < 4.78 is 34.7. The molecule has 2 amide bonds. The van der Waals surface area contributed by atoms with Crippen molar-refractivity contribution in [2.75, 3.05) is 20.2 Å². The lowest BCUT2D eigenvalue weighted by molar-refractivity contribution is 0.187. The van der Waals surface area contributed by atoms with Gasteiger partial charge in [-0.05, 0) is 73.1 Å². The van der Waals surface area contributed by atoms with E-state index in [4.69, 9.17) is 15.1 Å². The number of carbonyl (C=O) groups is 1. The number of aryl methyl sites for hydroxylation is 1. The van der Waals surface area contributed by atoms with Crippen molar-refractivity contribution in [1.29, 1.82) is 0 Å². The van der Waals surface area contributed by atoms with Crippen molar-refractivity contribution in [3.63, 3.8) is 0 Å². The molecule has 1 saturated carbocycles. The predicted molar refractivity (Wildman–Crippen MR) is 142 cm³/mol. The zero-order valence-electron chi connectivity index (χ0n) is 21.1. The minimum Gasteiger partial charge on any atom is -0.497 e. The normalized spacial score (nSPS) is 17.4. The second kappa shape index (κ2) is 11.3. The molecule has 5 rings (SSSR count). The smallest absolute Gasteiger partial charge is 0.334 e. The van der Waals surface area contributed by atoms with Crippen molar-refractivity contribution in [2.45, 2.75) is 43.0 Å². The van der Waals surface area contributed by atoms with E-state index < -0.39 is 10.1 Å². The molecule has 37 heavy (non-hydrogen) atoms. The Morgan fingerprint density at radius 2 is 1.54 bits per heavy atom. The first-order valence-electron chi connectivity index (χ1n) is 12.3. The van der Waals surface area contributed by atoms with Gasteiger partial charge in [0.15, 0.2) is 0 Å². The number of carbonyl (C=O) groups excluding carboxylic acids is 1. The summed E-state index contributed by atoms with van der Waals surface area (Å²) in [6, 6.07) is 22.6. The summed E-state index contributed by atoms with van der Waals surface area (Å²) in [5.41, 5.74) is 4.70. The summed E-state index contributed by atoms with van der Waals surface area (Å²) in [5.74, 6) is 7.50. The molecule has 196 valence electrons. The first-order valence-corrected chi connectivity index (χ1v) is 13.7. The molecule has 0 radical (unpaired) electrons. The third-order valence-corrected chi connectivity index (χ3v) is 7.59. The molecule has 9 heteroatoms. The number of hydrazine groups is 1. The first kappa shape index (κ1) is 26.7. The molecular weight excluding hydrogens is 490 g/mol. The molecule has 1 saturated heterocycles. The third kappa shape index (κ3) is 6.88. The van der Waals surface area contributed by atoms with E-state index in [1.165, 1.54) is 41.1 Å². The molecular formula is C28H33N3O5S. The number of amides is 2. The quantitative estimate of drug-likeness (QED) is 0.263. The van der Waals surface area contributed by atoms with Gasteiger partial charge in [0, 0.05) is 6.54 Å². The van der Waals surface area contributed by atoms with Crippen LogP contribution in [0.2, 0.25) is 0 Å². The highest BCUT2D eigenvalue weighted by atomic mass is 32.2. The van der Waals surface area contributed by atoms with Crippen LogP contribution in [0, 0.1) is 6.92 Å². The van der Waals surface area contributed by atoms with E-state index in [0.717, 1.165) is 29.2 Å². The Kier molecular flexibility index (Phi) is 8.16. The molecule has 2 fully saturated rings. The van der Waals surface area contributed by atoms with Gasteiger partial charge >= 0.3 is 6.03 Å². The average Bonchev–Trinajstić information content (AvgIpc) is 3.70. The highest BCUT2D eigenvalue weighted by Gasteiger charge is 2.36. The summed E-state index contributed by atoms with van der Waals surface area (Å²) in [5, 5.41) is 1.33. The SMILES string of the molecule is COc1ccc(CCN2C(=O)N(N)CC2c2ccc(C3CC3)cc2)cc1.Cc1ccc(S(=O)(=O)O)cc1. The first-order chi connectivity index (χ1) is 17.7. The molecule has 0 aromatic heterocycles. The largest absolute Gasteiger partial charge is 0.497 e. The maximum Gasteiger partial charge on any atom is 0.334 e.